The van der Waals surface area contributed by atoms with E-state index in [0.29, 0.717) is 0 Å². The maximum absolute atomic E-state index is 8.73. The fraction of sp³-hybridized carbons (Fsp3) is 0.600. The molecule has 0 fully saturated rings. The van der Waals surface area contributed by atoms with Gasteiger partial charge in [0.2, 0.25) is 0 Å². The summed E-state index contributed by atoms with van der Waals surface area (Å²) in [5.41, 5.74) is 4.22. The van der Waals surface area contributed by atoms with Gasteiger partial charge in [-0.1, -0.05) is 0 Å². The highest BCUT2D eigenvalue weighted by Crippen LogP contribution is 2.18. The number of aromatic nitrogens is 3. The summed E-state index contributed by atoms with van der Waals surface area (Å²) in [5.74, 6) is 2.08. The summed E-state index contributed by atoms with van der Waals surface area (Å²) in [4.78, 5) is 4.48. The number of aliphatic hydroxyl groups excluding tert-OH is 1. The fourth-order valence-electron chi connectivity index (χ4n) is 2.33. The molecule has 0 aliphatic rings. The van der Waals surface area contributed by atoms with Crippen molar-refractivity contribution < 1.29 is 5.11 Å². The summed E-state index contributed by atoms with van der Waals surface area (Å²) in [5, 5.41) is 16.7. The van der Waals surface area contributed by atoms with Crippen molar-refractivity contribution in [2.45, 2.75) is 33.2 Å². The van der Waals surface area contributed by atoms with E-state index in [-0.39, 0.29) is 12.6 Å². The molecular formula is C15H24N4OS. The second-order valence-corrected chi connectivity index (χ2v) is 6.44. The summed E-state index contributed by atoms with van der Waals surface area (Å²) in [7, 11) is 0. The maximum atomic E-state index is 8.73. The van der Waals surface area contributed by atoms with Crippen molar-refractivity contribution in [1.82, 2.24) is 19.9 Å². The van der Waals surface area contributed by atoms with E-state index < -0.39 is 0 Å². The van der Waals surface area contributed by atoms with Crippen LogP contribution in [0.5, 0.6) is 0 Å². The van der Waals surface area contributed by atoms with Gasteiger partial charge in [-0.3, -0.25) is 0 Å². The van der Waals surface area contributed by atoms with Crippen LogP contribution in [0, 0.1) is 13.8 Å². The first kappa shape index (κ1) is 16.3. The van der Waals surface area contributed by atoms with Gasteiger partial charge in [0.05, 0.1) is 5.69 Å². The lowest BCUT2D eigenvalue weighted by atomic mass is 10.1. The second kappa shape index (κ2) is 7.77. The molecule has 2 aromatic heterocycles. The molecule has 0 radical (unpaired) electrons. The molecular weight excluding hydrogens is 284 g/mol. The van der Waals surface area contributed by atoms with Gasteiger partial charge < -0.3 is 10.4 Å². The molecule has 6 heteroatoms. The van der Waals surface area contributed by atoms with E-state index in [4.69, 9.17) is 5.11 Å². The Hall–Kier alpha value is -1.11. The van der Waals surface area contributed by atoms with Crippen molar-refractivity contribution in [3.8, 4) is 0 Å². The molecule has 0 bridgehead atoms. The number of hydrogen-bond acceptors (Lipinski definition) is 5. The zero-order valence-corrected chi connectivity index (χ0v) is 13.8. The molecule has 1 atom stereocenters. The Labute approximate surface area is 130 Å². The third kappa shape index (κ3) is 4.18. The maximum Gasteiger partial charge on any atom is 0.155 e. The molecule has 0 spiro atoms. The summed E-state index contributed by atoms with van der Waals surface area (Å²) in [6.07, 6.45) is 2.82. The lowest BCUT2D eigenvalue weighted by Gasteiger charge is -2.16. The third-order valence-electron chi connectivity index (χ3n) is 3.49. The Morgan fingerprint density at radius 1 is 1.38 bits per heavy atom. The van der Waals surface area contributed by atoms with E-state index in [1.54, 1.807) is 0 Å². The molecule has 0 amide bonds. The molecule has 2 rings (SSSR count). The molecule has 0 saturated heterocycles. The Kier molecular flexibility index (Phi) is 6.02. The number of fused-ring (bicyclic) bond motifs is 1. The quantitative estimate of drug-likeness (QED) is 0.731. The van der Waals surface area contributed by atoms with Crippen molar-refractivity contribution in [1.29, 1.82) is 0 Å². The molecule has 0 aliphatic heterocycles. The highest BCUT2D eigenvalue weighted by Gasteiger charge is 2.12. The first-order chi connectivity index (χ1) is 10.1. The minimum Gasteiger partial charge on any atom is -0.396 e. The number of rotatable bonds is 8. The van der Waals surface area contributed by atoms with Crippen LogP contribution in [-0.2, 0) is 0 Å². The number of aliphatic hydroxyl groups is 1. The van der Waals surface area contributed by atoms with Gasteiger partial charge in [0.15, 0.2) is 5.65 Å². The van der Waals surface area contributed by atoms with Crippen molar-refractivity contribution in [2.24, 2.45) is 0 Å². The van der Waals surface area contributed by atoms with Gasteiger partial charge in [0, 0.05) is 48.5 Å². The molecule has 5 nitrogen and oxygen atoms in total. The van der Waals surface area contributed by atoms with Gasteiger partial charge in [-0.05, 0) is 32.9 Å². The van der Waals surface area contributed by atoms with Gasteiger partial charge in [0.25, 0.3) is 0 Å². The Morgan fingerprint density at radius 2 is 2.19 bits per heavy atom. The fourth-order valence-corrected chi connectivity index (χ4v) is 3.13. The lowest BCUT2D eigenvalue weighted by molar-refractivity contribution is 0.296. The van der Waals surface area contributed by atoms with Gasteiger partial charge in [-0.2, -0.15) is 16.9 Å². The van der Waals surface area contributed by atoms with E-state index in [0.717, 1.165) is 41.5 Å². The van der Waals surface area contributed by atoms with E-state index in [1.807, 2.05) is 35.5 Å². The summed E-state index contributed by atoms with van der Waals surface area (Å²) in [6, 6.07) is 2.25. The highest BCUT2D eigenvalue weighted by atomic mass is 32.2. The minimum atomic E-state index is 0.254. The average molecular weight is 308 g/mol. The van der Waals surface area contributed by atoms with Crippen LogP contribution in [0.15, 0.2) is 12.3 Å². The number of nitrogens with zero attached hydrogens (tertiary/aromatic N) is 3. The predicted octanol–water partition coefficient (Wildman–Crippen LogP) is 2.11. The number of aryl methyl sites for hydroxylation is 2. The van der Waals surface area contributed by atoms with E-state index in [2.05, 4.69) is 29.2 Å². The SMILES string of the molecule is Cc1cc2ncc(C(C)NCCSCCCO)c(C)n2n1. The van der Waals surface area contributed by atoms with Gasteiger partial charge in [-0.15, -0.1) is 0 Å². The van der Waals surface area contributed by atoms with Crippen LogP contribution in [0.25, 0.3) is 5.65 Å². The smallest absolute Gasteiger partial charge is 0.155 e. The van der Waals surface area contributed by atoms with E-state index in [9.17, 15) is 0 Å². The first-order valence-electron chi connectivity index (χ1n) is 7.37. The molecule has 2 N–H and O–H groups in total. The lowest BCUT2D eigenvalue weighted by Crippen LogP contribution is -2.23. The van der Waals surface area contributed by atoms with Crippen LogP contribution < -0.4 is 5.32 Å². The van der Waals surface area contributed by atoms with Crippen LogP contribution in [0.2, 0.25) is 0 Å². The summed E-state index contributed by atoms with van der Waals surface area (Å²) >= 11 is 1.87. The summed E-state index contributed by atoms with van der Waals surface area (Å²) < 4.78 is 1.92. The van der Waals surface area contributed by atoms with E-state index >= 15 is 0 Å². The molecule has 2 aromatic rings. The number of nitrogens with one attached hydrogen (secondary N) is 1. The highest BCUT2D eigenvalue weighted by molar-refractivity contribution is 7.99. The van der Waals surface area contributed by atoms with E-state index in [1.165, 1.54) is 5.56 Å². The monoisotopic (exact) mass is 308 g/mol. The largest absolute Gasteiger partial charge is 0.396 e. The number of hydrogen-bond donors (Lipinski definition) is 2. The van der Waals surface area contributed by atoms with Crippen LogP contribution in [0.3, 0.4) is 0 Å². The molecule has 1 unspecified atom stereocenters. The summed E-state index contributed by atoms with van der Waals surface area (Å²) in [6.45, 7) is 7.46. The van der Waals surface area contributed by atoms with Gasteiger partial charge in [-0.25, -0.2) is 9.50 Å². The van der Waals surface area contributed by atoms with Crippen LogP contribution >= 0.6 is 11.8 Å². The van der Waals surface area contributed by atoms with Crippen LogP contribution in [0.1, 0.15) is 36.3 Å². The van der Waals surface area contributed by atoms with Crippen molar-refractivity contribution >= 4 is 17.4 Å². The zero-order valence-electron chi connectivity index (χ0n) is 13.0. The van der Waals surface area contributed by atoms with Gasteiger partial charge >= 0.3 is 0 Å². The molecule has 0 aliphatic carbocycles. The molecule has 2 heterocycles. The standard InChI is InChI=1S/C15H24N4OS/c1-11-9-15-17-10-14(13(3)19(15)18-11)12(2)16-5-8-21-7-4-6-20/h9-10,12,16,20H,4-8H2,1-3H3. The predicted molar refractivity (Wildman–Crippen MR) is 87.9 cm³/mol. The third-order valence-corrected chi connectivity index (χ3v) is 4.56. The Balaban J connectivity index is 1.93. The molecule has 21 heavy (non-hydrogen) atoms. The second-order valence-electron chi connectivity index (χ2n) is 5.22. The average Bonchev–Trinajstić information content (AvgIpc) is 2.84. The number of thioether (sulfide) groups is 1. The zero-order chi connectivity index (χ0) is 15.2. The Bertz CT molecular complexity index is 584. The molecule has 116 valence electrons. The molecule has 0 saturated carbocycles. The first-order valence-corrected chi connectivity index (χ1v) is 8.53. The van der Waals surface area contributed by atoms with Crippen LogP contribution in [0.4, 0.5) is 0 Å². The minimum absolute atomic E-state index is 0.254. The topological polar surface area (TPSA) is 62.5 Å². The van der Waals surface area contributed by atoms with Crippen molar-refractivity contribution in [2.75, 3.05) is 24.7 Å². The van der Waals surface area contributed by atoms with Crippen LogP contribution in [-0.4, -0.2) is 44.4 Å². The normalized spacial score (nSPS) is 13.0. The van der Waals surface area contributed by atoms with Crippen molar-refractivity contribution in [3.63, 3.8) is 0 Å². The Morgan fingerprint density at radius 3 is 2.95 bits per heavy atom. The van der Waals surface area contributed by atoms with Crippen molar-refractivity contribution in [3.05, 3.63) is 29.2 Å². The molecule has 0 aromatic carbocycles. The van der Waals surface area contributed by atoms with Gasteiger partial charge in [0.1, 0.15) is 0 Å².